The third kappa shape index (κ3) is 4.62. The predicted octanol–water partition coefficient (Wildman–Crippen LogP) is 2.45. The molecule has 1 N–H and O–H groups in total. The fraction of sp³-hybridized carbons (Fsp3) is 0.533. The van der Waals surface area contributed by atoms with Gasteiger partial charge in [0.15, 0.2) is 0 Å². The molecular formula is C15H21BrN2O. The minimum atomic E-state index is 0.295. The predicted molar refractivity (Wildman–Crippen MR) is 81.1 cm³/mol. The summed E-state index contributed by atoms with van der Waals surface area (Å²) in [4.78, 5) is 14.1. The van der Waals surface area contributed by atoms with Gasteiger partial charge in [-0.3, -0.25) is 4.79 Å². The van der Waals surface area contributed by atoms with Gasteiger partial charge in [0.25, 0.3) is 0 Å². The quantitative estimate of drug-likeness (QED) is 0.922. The Bertz CT molecular complexity index is 430. The van der Waals surface area contributed by atoms with Gasteiger partial charge in [-0.05, 0) is 30.0 Å². The van der Waals surface area contributed by atoms with Gasteiger partial charge in [-0.1, -0.05) is 35.0 Å². The van der Waals surface area contributed by atoms with Crippen molar-refractivity contribution in [1.82, 2.24) is 10.2 Å². The van der Waals surface area contributed by atoms with E-state index in [0.29, 0.717) is 18.2 Å². The van der Waals surface area contributed by atoms with Gasteiger partial charge < -0.3 is 10.2 Å². The zero-order chi connectivity index (χ0) is 13.7. The SMILES string of the molecule is CC(CC(=O)N1CCNCC1)Cc1cccc(Br)c1. The van der Waals surface area contributed by atoms with E-state index in [1.165, 1.54) is 5.56 Å². The molecule has 0 radical (unpaired) electrons. The van der Waals surface area contributed by atoms with E-state index >= 15 is 0 Å². The van der Waals surface area contributed by atoms with Gasteiger partial charge in [-0.25, -0.2) is 0 Å². The first-order chi connectivity index (χ1) is 9.15. The van der Waals surface area contributed by atoms with Crippen LogP contribution in [0, 0.1) is 5.92 Å². The molecule has 1 aliphatic rings. The molecule has 0 aliphatic carbocycles. The third-order valence-corrected chi connectivity index (χ3v) is 3.96. The molecule has 0 aromatic heterocycles. The number of amides is 1. The summed E-state index contributed by atoms with van der Waals surface area (Å²) < 4.78 is 1.10. The highest BCUT2D eigenvalue weighted by molar-refractivity contribution is 9.10. The molecule has 2 rings (SSSR count). The molecule has 3 nitrogen and oxygen atoms in total. The maximum absolute atomic E-state index is 12.2. The number of rotatable bonds is 4. The second-order valence-corrected chi connectivity index (χ2v) is 6.19. The number of piperazine rings is 1. The lowest BCUT2D eigenvalue weighted by Gasteiger charge is -2.28. The molecule has 1 amide bonds. The van der Waals surface area contributed by atoms with E-state index < -0.39 is 0 Å². The molecule has 1 fully saturated rings. The van der Waals surface area contributed by atoms with Crippen LogP contribution in [-0.2, 0) is 11.2 Å². The largest absolute Gasteiger partial charge is 0.340 e. The Morgan fingerprint density at radius 1 is 1.42 bits per heavy atom. The molecule has 19 heavy (non-hydrogen) atoms. The zero-order valence-corrected chi connectivity index (χ0v) is 12.9. The lowest BCUT2D eigenvalue weighted by Crippen LogP contribution is -2.46. The van der Waals surface area contributed by atoms with Crippen LogP contribution in [0.4, 0.5) is 0 Å². The van der Waals surface area contributed by atoms with Gasteiger partial charge in [0, 0.05) is 37.1 Å². The van der Waals surface area contributed by atoms with E-state index in [1.807, 2.05) is 17.0 Å². The summed E-state index contributed by atoms with van der Waals surface area (Å²) in [5, 5.41) is 3.27. The number of carbonyl (C=O) groups excluding carboxylic acids is 1. The summed E-state index contributed by atoms with van der Waals surface area (Å²) in [5.41, 5.74) is 1.29. The second kappa shape index (κ2) is 7.06. The van der Waals surface area contributed by atoms with Gasteiger partial charge in [0.05, 0.1) is 0 Å². The molecule has 1 aliphatic heterocycles. The highest BCUT2D eigenvalue weighted by Gasteiger charge is 2.18. The number of halogens is 1. The summed E-state index contributed by atoms with van der Waals surface area (Å²) in [7, 11) is 0. The van der Waals surface area contributed by atoms with Crippen molar-refractivity contribution in [3.8, 4) is 0 Å². The van der Waals surface area contributed by atoms with Crippen LogP contribution < -0.4 is 5.32 Å². The van der Waals surface area contributed by atoms with Gasteiger partial charge in [-0.15, -0.1) is 0 Å². The molecular weight excluding hydrogens is 304 g/mol. The Balaban J connectivity index is 1.83. The van der Waals surface area contributed by atoms with Crippen molar-refractivity contribution in [3.05, 3.63) is 34.3 Å². The number of hydrogen-bond donors (Lipinski definition) is 1. The van der Waals surface area contributed by atoms with Crippen LogP contribution in [0.25, 0.3) is 0 Å². The van der Waals surface area contributed by atoms with Gasteiger partial charge in [-0.2, -0.15) is 0 Å². The zero-order valence-electron chi connectivity index (χ0n) is 11.4. The number of carbonyl (C=O) groups is 1. The summed E-state index contributed by atoms with van der Waals surface area (Å²) in [5.74, 6) is 0.681. The Morgan fingerprint density at radius 2 is 2.16 bits per heavy atom. The van der Waals surface area contributed by atoms with Gasteiger partial charge >= 0.3 is 0 Å². The molecule has 4 heteroatoms. The summed E-state index contributed by atoms with van der Waals surface area (Å²) in [6.07, 6.45) is 1.60. The van der Waals surface area contributed by atoms with Crippen LogP contribution in [0.1, 0.15) is 18.9 Å². The van der Waals surface area contributed by atoms with Crippen LogP contribution >= 0.6 is 15.9 Å². The van der Waals surface area contributed by atoms with Crippen molar-refractivity contribution >= 4 is 21.8 Å². The molecule has 0 bridgehead atoms. The van der Waals surface area contributed by atoms with Crippen molar-refractivity contribution in [2.24, 2.45) is 5.92 Å². The maximum atomic E-state index is 12.2. The fourth-order valence-electron chi connectivity index (χ4n) is 2.48. The average Bonchev–Trinajstić information content (AvgIpc) is 2.39. The van der Waals surface area contributed by atoms with E-state index in [-0.39, 0.29) is 0 Å². The molecule has 1 aromatic rings. The maximum Gasteiger partial charge on any atom is 0.222 e. The molecule has 1 heterocycles. The fourth-order valence-corrected chi connectivity index (χ4v) is 2.93. The van der Waals surface area contributed by atoms with E-state index in [1.54, 1.807) is 0 Å². The number of nitrogens with zero attached hydrogens (tertiary/aromatic N) is 1. The third-order valence-electron chi connectivity index (χ3n) is 3.47. The lowest BCUT2D eigenvalue weighted by atomic mass is 9.97. The molecule has 0 spiro atoms. The first kappa shape index (κ1) is 14.5. The minimum absolute atomic E-state index is 0.295. The molecule has 1 unspecified atom stereocenters. The number of benzene rings is 1. The Morgan fingerprint density at radius 3 is 2.84 bits per heavy atom. The topological polar surface area (TPSA) is 32.3 Å². The van der Waals surface area contributed by atoms with Crippen molar-refractivity contribution in [1.29, 1.82) is 0 Å². The van der Waals surface area contributed by atoms with Crippen LogP contribution in [0.5, 0.6) is 0 Å². The second-order valence-electron chi connectivity index (χ2n) is 5.27. The molecule has 1 aromatic carbocycles. The highest BCUT2D eigenvalue weighted by atomic mass is 79.9. The standard InChI is InChI=1S/C15H21BrN2O/c1-12(9-13-3-2-4-14(16)11-13)10-15(19)18-7-5-17-6-8-18/h2-4,11-12,17H,5-10H2,1H3. The van der Waals surface area contributed by atoms with Crippen molar-refractivity contribution in [2.75, 3.05) is 26.2 Å². The smallest absolute Gasteiger partial charge is 0.222 e. The minimum Gasteiger partial charge on any atom is -0.340 e. The highest BCUT2D eigenvalue weighted by Crippen LogP contribution is 2.17. The molecule has 1 saturated heterocycles. The van der Waals surface area contributed by atoms with Crippen LogP contribution in [0.3, 0.4) is 0 Å². The Labute approximate surface area is 123 Å². The van der Waals surface area contributed by atoms with E-state index in [0.717, 1.165) is 37.1 Å². The summed E-state index contributed by atoms with van der Waals surface area (Å²) in [6.45, 7) is 5.70. The van der Waals surface area contributed by atoms with E-state index in [2.05, 4.69) is 40.3 Å². The van der Waals surface area contributed by atoms with Gasteiger partial charge in [0.1, 0.15) is 0 Å². The lowest BCUT2D eigenvalue weighted by molar-refractivity contribution is -0.132. The summed E-state index contributed by atoms with van der Waals surface area (Å²) >= 11 is 3.48. The molecule has 0 saturated carbocycles. The Kier molecular flexibility index (Phi) is 5.40. The van der Waals surface area contributed by atoms with Crippen molar-refractivity contribution in [3.63, 3.8) is 0 Å². The summed E-state index contributed by atoms with van der Waals surface area (Å²) in [6, 6.07) is 8.33. The number of nitrogens with one attached hydrogen (secondary N) is 1. The van der Waals surface area contributed by atoms with Crippen LogP contribution in [-0.4, -0.2) is 37.0 Å². The molecule has 1 atom stereocenters. The average molecular weight is 325 g/mol. The van der Waals surface area contributed by atoms with Crippen molar-refractivity contribution in [2.45, 2.75) is 19.8 Å². The van der Waals surface area contributed by atoms with Crippen LogP contribution in [0.2, 0.25) is 0 Å². The molecule has 104 valence electrons. The van der Waals surface area contributed by atoms with E-state index in [9.17, 15) is 4.79 Å². The monoisotopic (exact) mass is 324 g/mol. The number of hydrogen-bond acceptors (Lipinski definition) is 2. The first-order valence-electron chi connectivity index (χ1n) is 6.88. The van der Waals surface area contributed by atoms with Crippen LogP contribution in [0.15, 0.2) is 28.7 Å². The normalized spacial score (nSPS) is 17.3. The first-order valence-corrected chi connectivity index (χ1v) is 7.67. The van der Waals surface area contributed by atoms with Crippen molar-refractivity contribution < 1.29 is 4.79 Å². The Hall–Kier alpha value is -0.870. The van der Waals surface area contributed by atoms with E-state index in [4.69, 9.17) is 0 Å². The van der Waals surface area contributed by atoms with Gasteiger partial charge in [0.2, 0.25) is 5.91 Å².